The van der Waals surface area contributed by atoms with Crippen molar-refractivity contribution in [2.75, 3.05) is 23.8 Å². The van der Waals surface area contributed by atoms with E-state index in [2.05, 4.69) is 10.6 Å². The highest BCUT2D eigenvalue weighted by Gasteiger charge is 2.17. The van der Waals surface area contributed by atoms with E-state index >= 15 is 0 Å². The van der Waals surface area contributed by atoms with Gasteiger partial charge in [-0.2, -0.15) is 0 Å². The summed E-state index contributed by atoms with van der Waals surface area (Å²) in [5, 5.41) is 6.17. The van der Waals surface area contributed by atoms with Gasteiger partial charge in [0.25, 0.3) is 0 Å². The summed E-state index contributed by atoms with van der Waals surface area (Å²) in [6.45, 7) is 1.27. The van der Waals surface area contributed by atoms with Crippen molar-refractivity contribution in [3.05, 3.63) is 53.6 Å². The van der Waals surface area contributed by atoms with Gasteiger partial charge in [-0.25, -0.2) is 4.79 Å². The third kappa shape index (κ3) is 4.63. The molecule has 0 aromatic heterocycles. The number of carbonyl (C=O) groups excluding carboxylic acids is 1. The van der Waals surface area contributed by atoms with E-state index < -0.39 is 0 Å². The third-order valence-electron chi connectivity index (χ3n) is 3.69. The molecule has 0 bridgehead atoms. The van der Waals surface area contributed by atoms with Crippen LogP contribution in [0.5, 0.6) is 5.75 Å². The van der Waals surface area contributed by atoms with Crippen molar-refractivity contribution < 1.29 is 14.3 Å². The standard InChI is InChI=1S/C18H19ClN2O3/c19-13-7-9-14(10-8-13)20-18(22)21-16-5-1-2-6-17(16)24-12-15-4-3-11-23-15/h1-2,5-10,15H,3-4,11-12H2,(H2,20,21,22)/t15-/m0/s1. The lowest BCUT2D eigenvalue weighted by atomic mass is 10.2. The summed E-state index contributed by atoms with van der Waals surface area (Å²) in [6.07, 6.45) is 2.20. The van der Waals surface area contributed by atoms with Gasteiger partial charge in [0, 0.05) is 17.3 Å². The zero-order valence-corrected chi connectivity index (χ0v) is 13.9. The Kier molecular flexibility index (Phi) is 5.56. The van der Waals surface area contributed by atoms with Gasteiger partial charge in [-0.05, 0) is 49.2 Å². The van der Waals surface area contributed by atoms with Gasteiger partial charge in [0.2, 0.25) is 0 Å². The fourth-order valence-electron chi connectivity index (χ4n) is 2.47. The van der Waals surface area contributed by atoms with Crippen molar-refractivity contribution in [3.63, 3.8) is 0 Å². The smallest absolute Gasteiger partial charge is 0.323 e. The molecule has 0 unspecified atom stereocenters. The minimum absolute atomic E-state index is 0.126. The Morgan fingerprint density at radius 3 is 2.71 bits per heavy atom. The molecule has 1 saturated heterocycles. The zero-order valence-electron chi connectivity index (χ0n) is 13.1. The van der Waals surface area contributed by atoms with Gasteiger partial charge >= 0.3 is 6.03 Å². The zero-order chi connectivity index (χ0) is 16.8. The van der Waals surface area contributed by atoms with Gasteiger partial charge in [-0.15, -0.1) is 0 Å². The molecule has 2 aromatic carbocycles. The predicted octanol–water partition coefficient (Wildman–Crippen LogP) is 4.54. The molecule has 2 amide bonds. The van der Waals surface area contributed by atoms with E-state index in [1.165, 1.54) is 0 Å². The summed E-state index contributed by atoms with van der Waals surface area (Å²) in [6, 6.07) is 13.9. The topological polar surface area (TPSA) is 59.6 Å². The van der Waals surface area contributed by atoms with Crippen molar-refractivity contribution >= 4 is 29.0 Å². The number of benzene rings is 2. The maximum absolute atomic E-state index is 12.1. The van der Waals surface area contributed by atoms with Gasteiger partial charge in [0.05, 0.1) is 11.8 Å². The Labute approximate surface area is 145 Å². The number of rotatable bonds is 5. The van der Waals surface area contributed by atoms with E-state index in [-0.39, 0.29) is 12.1 Å². The first kappa shape index (κ1) is 16.6. The van der Waals surface area contributed by atoms with E-state index in [4.69, 9.17) is 21.1 Å². The number of halogens is 1. The van der Waals surface area contributed by atoms with E-state index in [9.17, 15) is 4.79 Å². The van der Waals surface area contributed by atoms with Crippen molar-refractivity contribution in [3.8, 4) is 5.75 Å². The second kappa shape index (κ2) is 8.04. The molecule has 0 radical (unpaired) electrons. The summed E-state index contributed by atoms with van der Waals surface area (Å²) < 4.78 is 11.4. The molecule has 5 nitrogen and oxygen atoms in total. The summed E-state index contributed by atoms with van der Waals surface area (Å²) in [5.41, 5.74) is 1.27. The highest BCUT2D eigenvalue weighted by Crippen LogP contribution is 2.25. The van der Waals surface area contributed by atoms with Crippen molar-refractivity contribution in [2.24, 2.45) is 0 Å². The molecule has 1 atom stereocenters. The van der Waals surface area contributed by atoms with Crippen LogP contribution in [0.4, 0.5) is 16.2 Å². The maximum atomic E-state index is 12.1. The summed E-state index contributed by atoms with van der Waals surface area (Å²) >= 11 is 5.83. The van der Waals surface area contributed by atoms with Crippen LogP contribution in [0, 0.1) is 0 Å². The number of ether oxygens (including phenoxy) is 2. The van der Waals surface area contributed by atoms with Crippen LogP contribution in [0.3, 0.4) is 0 Å². The Morgan fingerprint density at radius 2 is 1.96 bits per heavy atom. The van der Waals surface area contributed by atoms with Gasteiger partial charge < -0.3 is 20.1 Å². The molecule has 1 heterocycles. The lowest BCUT2D eigenvalue weighted by molar-refractivity contribution is 0.0682. The first-order valence-electron chi connectivity index (χ1n) is 7.88. The fraction of sp³-hybridized carbons (Fsp3) is 0.278. The maximum Gasteiger partial charge on any atom is 0.323 e. The van der Waals surface area contributed by atoms with Crippen molar-refractivity contribution in [1.29, 1.82) is 0 Å². The Balaban J connectivity index is 1.59. The molecule has 2 N–H and O–H groups in total. The first-order valence-corrected chi connectivity index (χ1v) is 8.25. The monoisotopic (exact) mass is 346 g/mol. The molecule has 6 heteroatoms. The molecular formula is C18H19ClN2O3. The second-order valence-corrected chi connectivity index (χ2v) is 5.96. The van der Waals surface area contributed by atoms with E-state index in [0.29, 0.717) is 28.8 Å². The fourth-order valence-corrected chi connectivity index (χ4v) is 2.60. The highest BCUT2D eigenvalue weighted by molar-refractivity contribution is 6.30. The van der Waals surface area contributed by atoms with E-state index in [1.54, 1.807) is 30.3 Å². The average molecular weight is 347 g/mol. The Morgan fingerprint density at radius 1 is 1.17 bits per heavy atom. The Hall–Kier alpha value is -2.24. The van der Waals surface area contributed by atoms with Crippen molar-refractivity contribution in [2.45, 2.75) is 18.9 Å². The molecule has 2 aromatic rings. The van der Waals surface area contributed by atoms with Crippen LogP contribution in [-0.4, -0.2) is 25.3 Å². The normalized spacial score (nSPS) is 16.6. The van der Waals surface area contributed by atoms with Crippen LogP contribution in [0.2, 0.25) is 5.02 Å². The van der Waals surface area contributed by atoms with Gasteiger partial charge in [0.1, 0.15) is 12.4 Å². The van der Waals surface area contributed by atoms with E-state index in [0.717, 1.165) is 19.4 Å². The van der Waals surface area contributed by atoms with Crippen LogP contribution in [0.15, 0.2) is 48.5 Å². The first-order chi connectivity index (χ1) is 11.7. The number of anilines is 2. The van der Waals surface area contributed by atoms with Crippen LogP contribution in [0.1, 0.15) is 12.8 Å². The number of nitrogens with one attached hydrogen (secondary N) is 2. The third-order valence-corrected chi connectivity index (χ3v) is 3.94. The quantitative estimate of drug-likeness (QED) is 0.835. The molecule has 1 fully saturated rings. The van der Waals surface area contributed by atoms with Crippen LogP contribution >= 0.6 is 11.6 Å². The van der Waals surface area contributed by atoms with E-state index in [1.807, 2.05) is 18.2 Å². The summed E-state index contributed by atoms with van der Waals surface area (Å²) in [7, 11) is 0. The lowest BCUT2D eigenvalue weighted by Gasteiger charge is -2.15. The number of para-hydroxylation sites is 2. The molecule has 1 aliphatic heterocycles. The van der Waals surface area contributed by atoms with Gasteiger partial charge in [0.15, 0.2) is 0 Å². The SMILES string of the molecule is O=C(Nc1ccc(Cl)cc1)Nc1ccccc1OC[C@@H]1CCCO1. The van der Waals surface area contributed by atoms with Crippen LogP contribution in [-0.2, 0) is 4.74 Å². The minimum Gasteiger partial charge on any atom is -0.489 e. The number of hydrogen-bond donors (Lipinski definition) is 2. The average Bonchev–Trinajstić information content (AvgIpc) is 3.10. The van der Waals surface area contributed by atoms with Gasteiger partial charge in [-0.3, -0.25) is 0 Å². The molecule has 0 saturated carbocycles. The summed E-state index contributed by atoms with van der Waals surface area (Å²) in [5.74, 6) is 0.624. The number of urea groups is 1. The second-order valence-electron chi connectivity index (χ2n) is 5.53. The Bertz CT molecular complexity index is 685. The number of amides is 2. The summed E-state index contributed by atoms with van der Waals surface area (Å²) in [4.78, 5) is 12.1. The largest absolute Gasteiger partial charge is 0.489 e. The molecule has 1 aliphatic rings. The predicted molar refractivity (Wildman–Crippen MR) is 95.0 cm³/mol. The molecule has 3 rings (SSSR count). The van der Waals surface area contributed by atoms with Gasteiger partial charge in [-0.1, -0.05) is 23.7 Å². The molecule has 126 valence electrons. The lowest BCUT2D eigenvalue weighted by Crippen LogP contribution is -2.21. The van der Waals surface area contributed by atoms with Crippen LogP contribution in [0.25, 0.3) is 0 Å². The highest BCUT2D eigenvalue weighted by atomic mass is 35.5. The number of hydrogen-bond acceptors (Lipinski definition) is 3. The molecule has 0 aliphatic carbocycles. The minimum atomic E-state index is -0.342. The van der Waals surface area contributed by atoms with Crippen molar-refractivity contribution in [1.82, 2.24) is 0 Å². The molecular weight excluding hydrogens is 328 g/mol. The van der Waals surface area contributed by atoms with Crippen LogP contribution < -0.4 is 15.4 Å². The molecule has 24 heavy (non-hydrogen) atoms. The number of carbonyl (C=O) groups is 1. The molecule has 0 spiro atoms.